The van der Waals surface area contributed by atoms with Crippen molar-refractivity contribution in [2.45, 2.75) is 59.3 Å². The maximum Gasteiger partial charge on any atom is 0.0586 e. The fraction of sp³-hybridized carbons (Fsp3) is 0.600. The Kier molecular flexibility index (Phi) is 4.07. The van der Waals surface area contributed by atoms with Crippen LogP contribution in [0.5, 0.6) is 0 Å². The molecular weight excluding hydrogens is 208 g/mol. The predicted octanol–water partition coefficient (Wildman–Crippen LogP) is 4.22. The van der Waals surface area contributed by atoms with Gasteiger partial charge in [-0.1, -0.05) is 41.5 Å². The second-order valence-electron chi connectivity index (χ2n) is 5.76. The van der Waals surface area contributed by atoms with Gasteiger partial charge in [0.2, 0.25) is 0 Å². The Morgan fingerprint density at radius 3 is 1.59 bits per heavy atom. The Balaban J connectivity index is 3.64. The van der Waals surface area contributed by atoms with E-state index in [2.05, 4.69) is 47.6 Å². The molecule has 0 atom stereocenters. The molecule has 2 nitrogen and oxygen atoms in total. The molecule has 0 unspecified atom stereocenters. The van der Waals surface area contributed by atoms with Crippen molar-refractivity contribution in [3.63, 3.8) is 0 Å². The lowest BCUT2D eigenvalue weighted by atomic mass is 9.82. The number of hydrogen-bond acceptors (Lipinski definition) is 2. The van der Waals surface area contributed by atoms with Crippen molar-refractivity contribution in [2.24, 2.45) is 0 Å². The number of hydrogen-bond donors (Lipinski definition) is 2. The van der Waals surface area contributed by atoms with Crippen molar-refractivity contribution < 1.29 is 0 Å². The molecule has 0 fully saturated rings. The summed E-state index contributed by atoms with van der Waals surface area (Å²) in [5, 5.41) is 0. The van der Waals surface area contributed by atoms with Crippen LogP contribution in [0.25, 0.3) is 0 Å². The second kappa shape index (κ2) is 4.99. The largest absolute Gasteiger partial charge is 0.397 e. The van der Waals surface area contributed by atoms with Gasteiger partial charge in [-0.2, -0.15) is 0 Å². The van der Waals surface area contributed by atoms with Crippen LogP contribution in [-0.4, -0.2) is 0 Å². The molecule has 0 aliphatic rings. The molecule has 0 spiro atoms. The number of benzene rings is 1. The standard InChI is InChI=1S/C15H26N2/c1-8(2)11-7-12(16)15(17)14(10(5)6)13(11)9(3)4/h7-10H,16-17H2,1-6H3. The highest BCUT2D eigenvalue weighted by atomic mass is 14.7. The molecule has 1 aromatic rings. The minimum absolute atomic E-state index is 0.411. The average molecular weight is 234 g/mol. The van der Waals surface area contributed by atoms with Crippen molar-refractivity contribution in [3.8, 4) is 0 Å². The third-order valence-electron chi connectivity index (χ3n) is 3.29. The van der Waals surface area contributed by atoms with Crippen LogP contribution < -0.4 is 11.5 Å². The quantitative estimate of drug-likeness (QED) is 0.769. The van der Waals surface area contributed by atoms with Gasteiger partial charge in [0, 0.05) is 0 Å². The fourth-order valence-corrected chi connectivity index (χ4v) is 2.52. The van der Waals surface area contributed by atoms with E-state index in [9.17, 15) is 0 Å². The van der Waals surface area contributed by atoms with Gasteiger partial charge in [0.05, 0.1) is 11.4 Å². The van der Waals surface area contributed by atoms with E-state index in [1.807, 2.05) is 0 Å². The lowest BCUT2D eigenvalue weighted by Gasteiger charge is -2.25. The van der Waals surface area contributed by atoms with Gasteiger partial charge in [0.15, 0.2) is 0 Å². The molecule has 0 aromatic heterocycles. The summed E-state index contributed by atoms with van der Waals surface area (Å²) >= 11 is 0. The van der Waals surface area contributed by atoms with E-state index in [0.29, 0.717) is 17.8 Å². The summed E-state index contributed by atoms with van der Waals surface area (Å²) < 4.78 is 0. The van der Waals surface area contributed by atoms with Crippen molar-refractivity contribution in [1.82, 2.24) is 0 Å². The minimum Gasteiger partial charge on any atom is -0.397 e. The van der Waals surface area contributed by atoms with E-state index in [4.69, 9.17) is 11.5 Å². The van der Waals surface area contributed by atoms with Crippen molar-refractivity contribution in [1.29, 1.82) is 0 Å². The molecule has 2 heteroatoms. The molecular formula is C15H26N2. The molecule has 0 saturated heterocycles. The van der Waals surface area contributed by atoms with E-state index in [1.165, 1.54) is 16.7 Å². The molecule has 0 aliphatic heterocycles. The maximum atomic E-state index is 6.17. The first kappa shape index (κ1) is 13.9. The van der Waals surface area contributed by atoms with Gasteiger partial charge in [-0.25, -0.2) is 0 Å². The molecule has 1 rings (SSSR count). The Morgan fingerprint density at radius 2 is 1.24 bits per heavy atom. The van der Waals surface area contributed by atoms with E-state index in [1.54, 1.807) is 0 Å². The van der Waals surface area contributed by atoms with Crippen LogP contribution in [0, 0.1) is 0 Å². The zero-order valence-corrected chi connectivity index (χ0v) is 12.0. The number of rotatable bonds is 3. The summed E-state index contributed by atoms with van der Waals surface area (Å²) in [6, 6.07) is 2.06. The monoisotopic (exact) mass is 234 g/mol. The van der Waals surface area contributed by atoms with Gasteiger partial charge in [-0.15, -0.1) is 0 Å². The van der Waals surface area contributed by atoms with E-state index >= 15 is 0 Å². The first-order chi connectivity index (χ1) is 7.77. The van der Waals surface area contributed by atoms with Crippen molar-refractivity contribution >= 4 is 11.4 Å². The van der Waals surface area contributed by atoms with Crippen molar-refractivity contribution in [2.75, 3.05) is 11.5 Å². The first-order valence-electron chi connectivity index (χ1n) is 6.48. The minimum atomic E-state index is 0.411. The summed E-state index contributed by atoms with van der Waals surface area (Å²) in [5.74, 6) is 1.37. The lowest BCUT2D eigenvalue weighted by Crippen LogP contribution is -2.11. The predicted molar refractivity (Wildman–Crippen MR) is 77.5 cm³/mol. The fourth-order valence-electron chi connectivity index (χ4n) is 2.52. The molecule has 0 amide bonds. The van der Waals surface area contributed by atoms with Crippen molar-refractivity contribution in [3.05, 3.63) is 22.8 Å². The summed E-state index contributed by atoms with van der Waals surface area (Å²) in [6.07, 6.45) is 0. The number of nitrogens with two attached hydrogens (primary N) is 2. The smallest absolute Gasteiger partial charge is 0.0586 e. The van der Waals surface area contributed by atoms with E-state index in [-0.39, 0.29) is 0 Å². The van der Waals surface area contributed by atoms with Crippen LogP contribution in [0.1, 0.15) is 76.0 Å². The first-order valence-corrected chi connectivity index (χ1v) is 6.48. The van der Waals surface area contributed by atoms with Crippen LogP contribution >= 0.6 is 0 Å². The van der Waals surface area contributed by atoms with Crippen LogP contribution in [0.3, 0.4) is 0 Å². The Morgan fingerprint density at radius 1 is 0.765 bits per heavy atom. The summed E-state index contributed by atoms with van der Waals surface area (Å²) in [7, 11) is 0. The number of nitrogen functional groups attached to an aromatic ring is 2. The summed E-state index contributed by atoms with van der Waals surface area (Å²) in [4.78, 5) is 0. The normalized spacial score (nSPS) is 11.8. The molecule has 0 saturated carbocycles. The third-order valence-corrected chi connectivity index (χ3v) is 3.29. The van der Waals surface area contributed by atoms with E-state index < -0.39 is 0 Å². The van der Waals surface area contributed by atoms with E-state index in [0.717, 1.165) is 11.4 Å². The molecule has 0 heterocycles. The Labute approximate surface area is 105 Å². The molecule has 4 N–H and O–H groups in total. The van der Waals surface area contributed by atoms with Gasteiger partial charge >= 0.3 is 0 Å². The summed E-state index contributed by atoms with van der Waals surface area (Å²) in [6.45, 7) is 13.2. The molecule has 0 aliphatic carbocycles. The van der Waals surface area contributed by atoms with Crippen LogP contribution in [0.15, 0.2) is 6.07 Å². The highest BCUT2D eigenvalue weighted by molar-refractivity contribution is 5.72. The zero-order chi connectivity index (χ0) is 13.3. The second-order valence-corrected chi connectivity index (χ2v) is 5.76. The lowest BCUT2D eigenvalue weighted by molar-refractivity contribution is 0.751. The molecule has 17 heavy (non-hydrogen) atoms. The molecule has 0 radical (unpaired) electrons. The van der Waals surface area contributed by atoms with Crippen LogP contribution in [0.4, 0.5) is 11.4 Å². The van der Waals surface area contributed by atoms with Gasteiger partial charge in [0.25, 0.3) is 0 Å². The molecule has 96 valence electrons. The molecule has 0 bridgehead atoms. The van der Waals surface area contributed by atoms with Crippen LogP contribution in [-0.2, 0) is 0 Å². The summed E-state index contributed by atoms with van der Waals surface area (Å²) in [5.41, 5.74) is 17.7. The Hall–Kier alpha value is -1.18. The highest BCUT2D eigenvalue weighted by Gasteiger charge is 2.20. The third kappa shape index (κ3) is 2.56. The average Bonchev–Trinajstić information content (AvgIpc) is 2.19. The maximum absolute atomic E-state index is 6.17. The van der Waals surface area contributed by atoms with Gasteiger partial charge in [-0.05, 0) is 40.5 Å². The SMILES string of the molecule is CC(C)c1cc(N)c(N)c(C(C)C)c1C(C)C. The highest BCUT2D eigenvalue weighted by Crippen LogP contribution is 2.39. The van der Waals surface area contributed by atoms with Gasteiger partial charge in [0.1, 0.15) is 0 Å². The molecule has 1 aromatic carbocycles. The van der Waals surface area contributed by atoms with Crippen LogP contribution in [0.2, 0.25) is 0 Å². The van der Waals surface area contributed by atoms with Gasteiger partial charge in [-0.3, -0.25) is 0 Å². The topological polar surface area (TPSA) is 52.0 Å². The Bertz CT molecular complexity index is 404. The zero-order valence-electron chi connectivity index (χ0n) is 12.0. The van der Waals surface area contributed by atoms with Gasteiger partial charge < -0.3 is 11.5 Å². The number of anilines is 2.